The highest BCUT2D eigenvalue weighted by atomic mass is 16.1. The van der Waals surface area contributed by atoms with Gasteiger partial charge in [0.15, 0.2) is 0 Å². The Labute approximate surface area is 151 Å². The Hall–Kier alpha value is -2.13. The average Bonchev–Trinajstić information content (AvgIpc) is 2.65. The highest BCUT2D eigenvalue weighted by molar-refractivity contribution is 5.92. The third-order valence-electron chi connectivity index (χ3n) is 4.45. The molecule has 0 saturated heterocycles. The van der Waals surface area contributed by atoms with Crippen LogP contribution in [0.5, 0.6) is 0 Å². The molecule has 2 N–H and O–H groups in total. The van der Waals surface area contributed by atoms with E-state index in [0.717, 1.165) is 44.5 Å². The number of carbonyl (C=O) groups is 1. The van der Waals surface area contributed by atoms with Crippen molar-refractivity contribution in [3.8, 4) is 0 Å². The molecule has 0 unspecified atom stereocenters. The van der Waals surface area contributed by atoms with Crippen molar-refractivity contribution in [1.29, 1.82) is 0 Å². The van der Waals surface area contributed by atoms with Crippen molar-refractivity contribution in [2.75, 3.05) is 18.4 Å². The quantitative estimate of drug-likeness (QED) is 0.632. The summed E-state index contributed by atoms with van der Waals surface area (Å²) in [6.07, 6.45) is 4.53. The molecule has 134 valence electrons. The Kier molecular flexibility index (Phi) is 8.20. The molecule has 2 rings (SSSR count). The van der Waals surface area contributed by atoms with Crippen molar-refractivity contribution in [3.05, 3.63) is 65.2 Å². The highest BCUT2D eigenvalue weighted by Gasteiger charge is 2.09. The number of amides is 1. The molecule has 0 saturated carbocycles. The molecular formula is C22H30N2O. The lowest BCUT2D eigenvalue weighted by Gasteiger charge is -2.14. The Bertz CT molecular complexity index is 630. The molecule has 0 atom stereocenters. The van der Waals surface area contributed by atoms with Gasteiger partial charge in [-0.1, -0.05) is 62.4 Å². The number of benzene rings is 2. The molecule has 25 heavy (non-hydrogen) atoms. The lowest BCUT2D eigenvalue weighted by atomic mass is 10.0. The number of aryl methyl sites for hydroxylation is 3. The van der Waals surface area contributed by atoms with E-state index in [2.05, 4.69) is 66.9 Å². The molecule has 0 radical (unpaired) electrons. The number of para-hydroxylation sites is 1. The summed E-state index contributed by atoms with van der Waals surface area (Å²) in [6.45, 7) is 5.90. The summed E-state index contributed by atoms with van der Waals surface area (Å²) >= 11 is 0. The van der Waals surface area contributed by atoms with Crippen LogP contribution in [0.15, 0.2) is 48.5 Å². The van der Waals surface area contributed by atoms with Gasteiger partial charge in [-0.3, -0.25) is 4.79 Å². The summed E-state index contributed by atoms with van der Waals surface area (Å²) in [5.41, 5.74) is 4.80. The Morgan fingerprint density at radius 2 is 1.56 bits per heavy atom. The van der Waals surface area contributed by atoms with E-state index in [-0.39, 0.29) is 5.91 Å². The minimum Gasteiger partial charge on any atom is -0.326 e. The summed E-state index contributed by atoms with van der Waals surface area (Å²) in [4.78, 5) is 12.3. The van der Waals surface area contributed by atoms with E-state index in [4.69, 9.17) is 0 Å². The molecule has 3 heteroatoms. The second-order valence-electron chi connectivity index (χ2n) is 6.30. The first-order valence-electron chi connectivity index (χ1n) is 9.39. The minimum absolute atomic E-state index is 0.0890. The maximum Gasteiger partial charge on any atom is 0.225 e. The molecule has 0 bridgehead atoms. The van der Waals surface area contributed by atoms with Crippen molar-refractivity contribution >= 4 is 11.6 Å². The SMILES string of the molecule is CCc1cccc(CC)c1NC(=O)CCNCCCc1ccccc1. The van der Waals surface area contributed by atoms with E-state index >= 15 is 0 Å². The summed E-state index contributed by atoms with van der Waals surface area (Å²) in [5.74, 6) is 0.0890. The third kappa shape index (κ3) is 6.35. The van der Waals surface area contributed by atoms with Crippen molar-refractivity contribution < 1.29 is 4.79 Å². The van der Waals surface area contributed by atoms with Crippen LogP contribution in [0, 0.1) is 0 Å². The number of carbonyl (C=O) groups excluding carboxylic acids is 1. The maximum absolute atomic E-state index is 12.3. The van der Waals surface area contributed by atoms with Crippen LogP contribution < -0.4 is 10.6 Å². The van der Waals surface area contributed by atoms with E-state index in [1.165, 1.54) is 16.7 Å². The largest absolute Gasteiger partial charge is 0.326 e. The first kappa shape index (κ1) is 19.2. The van der Waals surface area contributed by atoms with Gasteiger partial charge in [0.1, 0.15) is 0 Å². The monoisotopic (exact) mass is 338 g/mol. The van der Waals surface area contributed by atoms with Crippen LogP contribution >= 0.6 is 0 Å². The van der Waals surface area contributed by atoms with E-state index in [1.54, 1.807) is 0 Å². The zero-order valence-electron chi connectivity index (χ0n) is 15.5. The van der Waals surface area contributed by atoms with Gasteiger partial charge >= 0.3 is 0 Å². The van der Waals surface area contributed by atoms with Crippen molar-refractivity contribution in [1.82, 2.24) is 5.32 Å². The zero-order chi connectivity index (χ0) is 17.9. The van der Waals surface area contributed by atoms with Crippen LogP contribution in [0.4, 0.5) is 5.69 Å². The van der Waals surface area contributed by atoms with Crippen LogP contribution in [0.1, 0.15) is 43.4 Å². The summed E-state index contributed by atoms with van der Waals surface area (Å²) in [7, 11) is 0. The van der Waals surface area contributed by atoms with Gasteiger partial charge in [-0.15, -0.1) is 0 Å². The molecule has 0 aliphatic rings. The number of hydrogen-bond acceptors (Lipinski definition) is 2. The lowest BCUT2D eigenvalue weighted by Crippen LogP contribution is -2.23. The van der Waals surface area contributed by atoms with Gasteiger partial charge in [0, 0.05) is 18.7 Å². The molecule has 0 aromatic heterocycles. The Balaban J connectivity index is 1.69. The Morgan fingerprint density at radius 3 is 2.20 bits per heavy atom. The molecule has 0 spiro atoms. The van der Waals surface area contributed by atoms with Gasteiger partial charge in [-0.2, -0.15) is 0 Å². The first-order chi connectivity index (χ1) is 12.2. The fourth-order valence-electron chi connectivity index (χ4n) is 2.99. The van der Waals surface area contributed by atoms with E-state index in [9.17, 15) is 4.79 Å². The van der Waals surface area contributed by atoms with E-state index < -0.39 is 0 Å². The van der Waals surface area contributed by atoms with Gasteiger partial charge < -0.3 is 10.6 Å². The van der Waals surface area contributed by atoms with Crippen LogP contribution in [0.3, 0.4) is 0 Å². The normalized spacial score (nSPS) is 10.6. The fourth-order valence-corrected chi connectivity index (χ4v) is 2.99. The molecule has 3 nitrogen and oxygen atoms in total. The minimum atomic E-state index is 0.0890. The maximum atomic E-state index is 12.3. The van der Waals surface area contributed by atoms with Crippen molar-refractivity contribution in [2.24, 2.45) is 0 Å². The van der Waals surface area contributed by atoms with Crippen LogP contribution in [0.25, 0.3) is 0 Å². The van der Waals surface area contributed by atoms with Gasteiger partial charge in [-0.05, 0) is 48.9 Å². The number of hydrogen-bond donors (Lipinski definition) is 2. The second-order valence-corrected chi connectivity index (χ2v) is 6.30. The molecule has 2 aromatic carbocycles. The molecular weight excluding hydrogens is 308 g/mol. The first-order valence-corrected chi connectivity index (χ1v) is 9.39. The topological polar surface area (TPSA) is 41.1 Å². The fraction of sp³-hybridized carbons (Fsp3) is 0.409. The molecule has 0 aliphatic heterocycles. The van der Waals surface area contributed by atoms with Crippen LogP contribution in [-0.4, -0.2) is 19.0 Å². The van der Waals surface area contributed by atoms with Crippen molar-refractivity contribution in [3.63, 3.8) is 0 Å². The molecule has 2 aromatic rings. The predicted octanol–water partition coefficient (Wildman–Crippen LogP) is 4.36. The average molecular weight is 338 g/mol. The summed E-state index contributed by atoms with van der Waals surface area (Å²) < 4.78 is 0. The lowest BCUT2D eigenvalue weighted by molar-refractivity contribution is -0.116. The van der Waals surface area contributed by atoms with Crippen LogP contribution in [-0.2, 0) is 24.1 Å². The van der Waals surface area contributed by atoms with Crippen LogP contribution in [0.2, 0.25) is 0 Å². The summed E-state index contributed by atoms with van der Waals surface area (Å²) in [6, 6.07) is 16.8. The van der Waals surface area contributed by atoms with E-state index in [0.29, 0.717) is 6.42 Å². The van der Waals surface area contributed by atoms with Gasteiger partial charge in [0.2, 0.25) is 5.91 Å². The van der Waals surface area contributed by atoms with E-state index in [1.807, 2.05) is 6.07 Å². The smallest absolute Gasteiger partial charge is 0.225 e. The van der Waals surface area contributed by atoms with Gasteiger partial charge in [-0.25, -0.2) is 0 Å². The van der Waals surface area contributed by atoms with Crippen molar-refractivity contribution in [2.45, 2.75) is 46.0 Å². The molecule has 1 amide bonds. The number of anilines is 1. The number of rotatable bonds is 10. The molecule has 0 aliphatic carbocycles. The van der Waals surface area contributed by atoms with Gasteiger partial charge in [0.05, 0.1) is 0 Å². The Morgan fingerprint density at radius 1 is 0.880 bits per heavy atom. The zero-order valence-corrected chi connectivity index (χ0v) is 15.5. The molecule has 0 fully saturated rings. The predicted molar refractivity (Wildman–Crippen MR) is 106 cm³/mol. The molecule has 0 heterocycles. The summed E-state index contributed by atoms with van der Waals surface area (Å²) in [5, 5.41) is 6.49. The third-order valence-corrected chi connectivity index (χ3v) is 4.45. The second kappa shape index (κ2) is 10.7. The standard InChI is InChI=1S/C22H30N2O/c1-3-19-13-8-14-20(4-2)22(19)24-21(25)15-17-23-16-9-12-18-10-6-5-7-11-18/h5-8,10-11,13-14,23H,3-4,9,12,15-17H2,1-2H3,(H,24,25). The van der Waals surface area contributed by atoms with Gasteiger partial charge in [0.25, 0.3) is 0 Å². The number of nitrogens with one attached hydrogen (secondary N) is 2. The highest BCUT2D eigenvalue weighted by Crippen LogP contribution is 2.22.